The van der Waals surface area contributed by atoms with Gasteiger partial charge in [0.15, 0.2) is 0 Å². The lowest BCUT2D eigenvalue weighted by Gasteiger charge is -2.43. The first kappa shape index (κ1) is 14.8. The van der Waals surface area contributed by atoms with E-state index < -0.39 is 11.5 Å². The Balaban J connectivity index is 2.35. The number of aliphatic carboxylic acids is 1. The van der Waals surface area contributed by atoms with Crippen molar-refractivity contribution in [2.45, 2.75) is 45.6 Å². The summed E-state index contributed by atoms with van der Waals surface area (Å²) in [5, 5.41) is 12.8. The fraction of sp³-hybridized carbons (Fsp3) is 0.562. The molecule has 1 aliphatic rings. The van der Waals surface area contributed by atoms with Crippen molar-refractivity contribution in [3.8, 4) is 0 Å². The van der Waals surface area contributed by atoms with Crippen LogP contribution in [0.1, 0.15) is 38.7 Å². The molecule has 1 aromatic carbocycles. The first-order valence-corrected chi connectivity index (χ1v) is 7.12. The van der Waals surface area contributed by atoms with Gasteiger partial charge in [-0.1, -0.05) is 20.3 Å². The van der Waals surface area contributed by atoms with E-state index in [9.17, 15) is 14.3 Å². The van der Waals surface area contributed by atoms with Crippen LogP contribution in [-0.4, -0.2) is 16.6 Å². The zero-order valence-electron chi connectivity index (χ0n) is 12.2. The molecule has 0 aliphatic heterocycles. The summed E-state index contributed by atoms with van der Waals surface area (Å²) >= 11 is 0. The van der Waals surface area contributed by atoms with E-state index in [4.69, 9.17) is 0 Å². The molecule has 0 radical (unpaired) electrons. The Bertz CT molecular complexity index is 497. The van der Waals surface area contributed by atoms with E-state index in [1.54, 1.807) is 13.0 Å². The molecule has 3 unspecified atom stereocenters. The Morgan fingerprint density at radius 2 is 2.05 bits per heavy atom. The molecule has 0 heterocycles. The third-order valence-corrected chi connectivity index (χ3v) is 4.40. The molecule has 0 aromatic heterocycles. The fourth-order valence-corrected chi connectivity index (χ4v) is 3.23. The van der Waals surface area contributed by atoms with Crippen molar-refractivity contribution < 1.29 is 14.3 Å². The van der Waals surface area contributed by atoms with Gasteiger partial charge in [-0.2, -0.15) is 0 Å². The maximum atomic E-state index is 13.5. The summed E-state index contributed by atoms with van der Waals surface area (Å²) in [6.07, 6.45) is 2.48. The fourth-order valence-electron chi connectivity index (χ4n) is 3.23. The molecular formula is C16H22FNO2. The maximum Gasteiger partial charge on any atom is 0.329 e. The quantitative estimate of drug-likeness (QED) is 0.884. The monoisotopic (exact) mass is 279 g/mol. The average Bonchev–Trinajstić information content (AvgIpc) is 2.32. The molecule has 3 nitrogen and oxygen atoms in total. The molecule has 2 N–H and O–H groups in total. The van der Waals surface area contributed by atoms with Gasteiger partial charge in [-0.3, -0.25) is 0 Å². The van der Waals surface area contributed by atoms with Gasteiger partial charge in [-0.15, -0.1) is 0 Å². The Labute approximate surface area is 119 Å². The predicted octanol–water partition coefficient (Wildman–Crippen LogP) is 3.83. The highest BCUT2D eigenvalue weighted by Gasteiger charge is 2.47. The highest BCUT2D eigenvalue weighted by Crippen LogP contribution is 2.39. The number of carboxylic acid groups (broad SMARTS) is 1. The first-order valence-electron chi connectivity index (χ1n) is 7.12. The number of aryl methyl sites for hydroxylation is 1. The van der Waals surface area contributed by atoms with Crippen molar-refractivity contribution in [2.75, 3.05) is 5.32 Å². The molecular weight excluding hydrogens is 257 g/mol. The summed E-state index contributed by atoms with van der Waals surface area (Å²) in [6.45, 7) is 5.83. The lowest BCUT2D eigenvalue weighted by atomic mass is 9.69. The van der Waals surface area contributed by atoms with Gasteiger partial charge in [0.1, 0.15) is 11.4 Å². The zero-order chi connectivity index (χ0) is 14.9. The lowest BCUT2D eigenvalue weighted by molar-refractivity contribution is -0.146. The standard InChI is InChI=1S/C16H22FNO2/c1-10-4-5-12(3)16(9-10,15(19)20)18-14-7-11(2)6-13(17)8-14/h6-8,10,12,18H,4-5,9H2,1-3H3,(H,19,20). The molecule has 2 rings (SSSR count). The van der Waals surface area contributed by atoms with Gasteiger partial charge in [0.05, 0.1) is 0 Å². The molecule has 0 bridgehead atoms. The molecule has 1 aromatic rings. The molecule has 1 aliphatic carbocycles. The van der Waals surface area contributed by atoms with Crippen LogP contribution in [0.25, 0.3) is 0 Å². The third kappa shape index (κ3) is 2.79. The van der Waals surface area contributed by atoms with Gasteiger partial charge in [-0.05, 0) is 55.4 Å². The Hall–Kier alpha value is -1.58. The van der Waals surface area contributed by atoms with Gasteiger partial charge in [0, 0.05) is 5.69 Å². The normalized spacial score (nSPS) is 30.0. The summed E-state index contributed by atoms with van der Waals surface area (Å²) in [6, 6.07) is 4.59. The zero-order valence-corrected chi connectivity index (χ0v) is 12.2. The van der Waals surface area contributed by atoms with Crippen LogP contribution in [0.4, 0.5) is 10.1 Å². The van der Waals surface area contributed by atoms with E-state index in [0.717, 1.165) is 18.4 Å². The molecule has 0 amide bonds. The topological polar surface area (TPSA) is 49.3 Å². The summed E-state index contributed by atoms with van der Waals surface area (Å²) in [7, 11) is 0. The summed E-state index contributed by atoms with van der Waals surface area (Å²) in [4.78, 5) is 11.9. The minimum atomic E-state index is -1.00. The van der Waals surface area contributed by atoms with Crippen LogP contribution in [0.5, 0.6) is 0 Å². The Kier molecular flexibility index (Phi) is 4.02. The maximum absolute atomic E-state index is 13.5. The van der Waals surface area contributed by atoms with Gasteiger partial charge in [-0.25, -0.2) is 9.18 Å². The van der Waals surface area contributed by atoms with Crippen molar-refractivity contribution in [2.24, 2.45) is 11.8 Å². The number of hydrogen-bond donors (Lipinski definition) is 2. The van der Waals surface area contributed by atoms with Crippen LogP contribution < -0.4 is 5.32 Å². The molecule has 20 heavy (non-hydrogen) atoms. The molecule has 4 heteroatoms. The second-order valence-electron chi connectivity index (χ2n) is 6.21. The van der Waals surface area contributed by atoms with Crippen molar-refractivity contribution in [3.05, 3.63) is 29.6 Å². The first-order chi connectivity index (χ1) is 9.33. The molecule has 110 valence electrons. The minimum absolute atomic E-state index is 0.0137. The summed E-state index contributed by atoms with van der Waals surface area (Å²) in [5.74, 6) is -0.827. The van der Waals surface area contributed by atoms with Crippen LogP contribution in [-0.2, 0) is 4.79 Å². The highest BCUT2D eigenvalue weighted by molar-refractivity contribution is 5.83. The van der Waals surface area contributed by atoms with E-state index in [2.05, 4.69) is 12.2 Å². The highest BCUT2D eigenvalue weighted by atomic mass is 19.1. The average molecular weight is 279 g/mol. The second-order valence-corrected chi connectivity index (χ2v) is 6.21. The number of anilines is 1. The van der Waals surface area contributed by atoms with E-state index in [1.807, 2.05) is 6.92 Å². The van der Waals surface area contributed by atoms with Crippen molar-refractivity contribution in [1.29, 1.82) is 0 Å². The van der Waals surface area contributed by atoms with Crippen LogP contribution in [0.2, 0.25) is 0 Å². The number of benzene rings is 1. The van der Waals surface area contributed by atoms with Gasteiger partial charge < -0.3 is 10.4 Å². The Morgan fingerprint density at radius 3 is 2.65 bits per heavy atom. The molecule has 0 spiro atoms. The largest absolute Gasteiger partial charge is 0.479 e. The van der Waals surface area contributed by atoms with Crippen LogP contribution in [0.15, 0.2) is 18.2 Å². The number of nitrogens with one attached hydrogen (secondary N) is 1. The van der Waals surface area contributed by atoms with Crippen LogP contribution >= 0.6 is 0 Å². The van der Waals surface area contributed by atoms with Crippen LogP contribution in [0.3, 0.4) is 0 Å². The molecule has 1 saturated carbocycles. The summed E-state index contributed by atoms with van der Waals surface area (Å²) < 4.78 is 13.5. The van der Waals surface area contributed by atoms with Gasteiger partial charge in [0.25, 0.3) is 0 Å². The van der Waals surface area contributed by atoms with Crippen molar-refractivity contribution in [1.82, 2.24) is 0 Å². The van der Waals surface area contributed by atoms with Crippen molar-refractivity contribution in [3.63, 3.8) is 0 Å². The number of halogens is 1. The third-order valence-electron chi connectivity index (χ3n) is 4.40. The SMILES string of the molecule is Cc1cc(F)cc(NC2(C(=O)O)CC(C)CCC2C)c1. The molecule has 1 fully saturated rings. The number of carbonyl (C=O) groups is 1. The Morgan fingerprint density at radius 1 is 1.35 bits per heavy atom. The van der Waals surface area contributed by atoms with E-state index in [-0.39, 0.29) is 11.7 Å². The lowest BCUT2D eigenvalue weighted by Crippen LogP contribution is -2.54. The number of hydrogen-bond acceptors (Lipinski definition) is 2. The van der Waals surface area contributed by atoms with Gasteiger partial charge >= 0.3 is 5.97 Å². The van der Waals surface area contributed by atoms with Crippen LogP contribution in [0, 0.1) is 24.6 Å². The molecule has 0 saturated heterocycles. The minimum Gasteiger partial charge on any atom is -0.479 e. The summed E-state index contributed by atoms with van der Waals surface area (Å²) in [5.41, 5.74) is 0.327. The van der Waals surface area contributed by atoms with Crippen molar-refractivity contribution >= 4 is 11.7 Å². The van der Waals surface area contributed by atoms with E-state index in [1.165, 1.54) is 12.1 Å². The smallest absolute Gasteiger partial charge is 0.329 e. The van der Waals surface area contributed by atoms with Gasteiger partial charge in [0.2, 0.25) is 0 Å². The number of rotatable bonds is 3. The molecule has 3 atom stereocenters. The predicted molar refractivity (Wildman–Crippen MR) is 77.3 cm³/mol. The van der Waals surface area contributed by atoms with E-state index >= 15 is 0 Å². The number of carboxylic acids is 1. The van der Waals surface area contributed by atoms with E-state index in [0.29, 0.717) is 18.0 Å². The second kappa shape index (κ2) is 5.43.